The van der Waals surface area contributed by atoms with E-state index in [2.05, 4.69) is 38.0 Å². The fraction of sp³-hybridized carbons (Fsp3) is 0.462. The van der Waals surface area contributed by atoms with Gasteiger partial charge in [0.25, 0.3) is 5.91 Å². The predicted molar refractivity (Wildman–Crippen MR) is 132 cm³/mol. The lowest BCUT2D eigenvalue weighted by atomic mass is 9.91. The Morgan fingerprint density at radius 3 is 2.52 bits per heavy atom. The van der Waals surface area contributed by atoms with Gasteiger partial charge in [-0.15, -0.1) is 0 Å². The monoisotopic (exact) mass is 469 g/mol. The predicted octanol–water partition coefficient (Wildman–Crippen LogP) is 4.96. The molecule has 0 aliphatic carbocycles. The van der Waals surface area contributed by atoms with Crippen molar-refractivity contribution in [1.29, 1.82) is 0 Å². The molecule has 0 unspecified atom stereocenters. The highest BCUT2D eigenvalue weighted by Gasteiger charge is 2.30. The van der Waals surface area contributed by atoms with E-state index >= 15 is 0 Å². The van der Waals surface area contributed by atoms with Crippen molar-refractivity contribution < 1.29 is 13.2 Å². The van der Waals surface area contributed by atoms with Crippen LogP contribution in [0.25, 0.3) is 5.57 Å². The van der Waals surface area contributed by atoms with Gasteiger partial charge in [-0.3, -0.25) is 9.78 Å². The van der Waals surface area contributed by atoms with E-state index < -0.39 is 10.0 Å². The molecule has 1 fully saturated rings. The summed E-state index contributed by atoms with van der Waals surface area (Å²) < 4.78 is 27.1. The average molecular weight is 470 g/mol. The van der Waals surface area contributed by atoms with Gasteiger partial charge < -0.3 is 5.32 Å². The SMILES string of the molecule is CCC/C(C)=C(\CC)c1cc(C(=O)NC2CCN(S(=O)(=O)c3cccnc3)CC2)ccc1C. The minimum Gasteiger partial charge on any atom is -0.349 e. The lowest BCUT2D eigenvalue weighted by Gasteiger charge is -2.31. The first-order valence-electron chi connectivity index (χ1n) is 11.8. The number of rotatable bonds is 8. The topological polar surface area (TPSA) is 79.4 Å². The van der Waals surface area contributed by atoms with Crippen LogP contribution in [0, 0.1) is 6.92 Å². The molecule has 0 saturated carbocycles. The van der Waals surface area contributed by atoms with Crippen LogP contribution in [0.1, 0.15) is 74.4 Å². The molecule has 1 N–H and O–H groups in total. The standard InChI is InChI=1S/C26H35N3O3S/c1-5-8-19(3)24(6-2)25-17-21(11-10-20(25)4)26(30)28-22-12-15-29(16-13-22)33(31,32)23-9-7-14-27-18-23/h7,9-11,14,17-18,22H,5-6,8,12-13,15-16H2,1-4H3,(H,28,30)/b24-19+. The Bertz CT molecular complexity index is 1100. The highest BCUT2D eigenvalue weighted by molar-refractivity contribution is 7.89. The maximum absolute atomic E-state index is 13.0. The molecule has 7 heteroatoms. The average Bonchev–Trinajstić information content (AvgIpc) is 2.82. The molecule has 0 atom stereocenters. The Labute approximate surface area is 198 Å². The minimum absolute atomic E-state index is 0.0504. The van der Waals surface area contributed by atoms with Crippen molar-refractivity contribution in [2.75, 3.05) is 13.1 Å². The van der Waals surface area contributed by atoms with Gasteiger partial charge in [-0.25, -0.2) is 8.42 Å². The Balaban J connectivity index is 1.68. The van der Waals surface area contributed by atoms with Gasteiger partial charge in [-0.1, -0.05) is 31.9 Å². The van der Waals surface area contributed by atoms with E-state index in [4.69, 9.17) is 0 Å². The summed E-state index contributed by atoms with van der Waals surface area (Å²) in [5, 5.41) is 3.12. The number of pyridine rings is 1. The summed E-state index contributed by atoms with van der Waals surface area (Å²) in [4.78, 5) is 17.1. The van der Waals surface area contributed by atoms with Gasteiger partial charge >= 0.3 is 0 Å². The molecular formula is C26H35N3O3S. The molecule has 0 bridgehead atoms. The summed E-state index contributed by atoms with van der Waals surface area (Å²) >= 11 is 0. The molecule has 6 nitrogen and oxygen atoms in total. The van der Waals surface area contributed by atoms with Crippen LogP contribution >= 0.6 is 0 Å². The van der Waals surface area contributed by atoms with Crippen LogP contribution < -0.4 is 5.32 Å². The molecule has 1 aliphatic rings. The summed E-state index contributed by atoms with van der Waals surface area (Å²) in [6, 6.07) is 9.03. The Hall–Kier alpha value is -2.51. The van der Waals surface area contributed by atoms with Gasteiger partial charge in [0.2, 0.25) is 10.0 Å². The van der Waals surface area contributed by atoms with Gasteiger partial charge in [0, 0.05) is 37.1 Å². The molecule has 1 aliphatic heterocycles. The molecule has 1 aromatic carbocycles. The fourth-order valence-corrected chi connectivity index (χ4v) is 5.93. The maximum atomic E-state index is 13.0. The van der Waals surface area contributed by atoms with Gasteiger partial charge in [0.15, 0.2) is 0 Å². The zero-order chi connectivity index (χ0) is 24.0. The van der Waals surface area contributed by atoms with Gasteiger partial charge in [0.1, 0.15) is 4.90 Å². The molecule has 2 heterocycles. The third kappa shape index (κ3) is 5.89. The summed E-state index contributed by atoms with van der Waals surface area (Å²) in [6.07, 6.45) is 7.19. The van der Waals surface area contributed by atoms with Crippen molar-refractivity contribution in [3.63, 3.8) is 0 Å². The first-order chi connectivity index (χ1) is 15.8. The zero-order valence-corrected chi connectivity index (χ0v) is 20.9. The van der Waals surface area contributed by atoms with E-state index in [0.29, 0.717) is 31.5 Å². The van der Waals surface area contributed by atoms with Crippen molar-refractivity contribution in [3.05, 3.63) is 65.0 Å². The number of benzene rings is 1. The van der Waals surface area contributed by atoms with E-state index in [0.717, 1.165) is 24.8 Å². The second-order valence-corrected chi connectivity index (χ2v) is 10.7. The number of carbonyl (C=O) groups is 1. The smallest absolute Gasteiger partial charge is 0.251 e. The van der Waals surface area contributed by atoms with Crippen LogP contribution in [0.4, 0.5) is 0 Å². The first kappa shape index (κ1) is 25.1. The Morgan fingerprint density at radius 2 is 1.91 bits per heavy atom. The van der Waals surface area contributed by atoms with Crippen LogP contribution in [-0.2, 0) is 10.0 Å². The number of amides is 1. The van der Waals surface area contributed by atoms with Crippen molar-refractivity contribution in [2.45, 2.75) is 70.7 Å². The molecule has 178 valence electrons. The highest BCUT2D eigenvalue weighted by atomic mass is 32.2. The molecule has 3 rings (SSSR count). The number of sulfonamides is 1. The number of hydrogen-bond donors (Lipinski definition) is 1. The zero-order valence-electron chi connectivity index (χ0n) is 20.1. The van der Waals surface area contributed by atoms with E-state index in [1.54, 1.807) is 18.3 Å². The van der Waals surface area contributed by atoms with Gasteiger partial charge in [-0.2, -0.15) is 4.31 Å². The molecular weight excluding hydrogens is 434 g/mol. The fourth-order valence-electron chi connectivity index (χ4n) is 4.49. The largest absolute Gasteiger partial charge is 0.349 e. The molecule has 1 saturated heterocycles. The van der Waals surface area contributed by atoms with Crippen LogP contribution in [-0.4, -0.2) is 42.7 Å². The van der Waals surface area contributed by atoms with Gasteiger partial charge in [-0.05, 0) is 80.5 Å². The lowest BCUT2D eigenvalue weighted by molar-refractivity contribution is 0.0924. The van der Waals surface area contributed by atoms with Crippen molar-refractivity contribution >= 4 is 21.5 Å². The molecule has 1 aromatic heterocycles. The molecule has 33 heavy (non-hydrogen) atoms. The van der Waals surface area contributed by atoms with Gasteiger partial charge in [0.05, 0.1) is 0 Å². The highest BCUT2D eigenvalue weighted by Crippen LogP contribution is 2.28. The van der Waals surface area contributed by atoms with Crippen molar-refractivity contribution in [2.24, 2.45) is 0 Å². The third-order valence-electron chi connectivity index (χ3n) is 6.38. The number of nitrogens with zero attached hydrogens (tertiary/aromatic N) is 2. The van der Waals surface area contributed by atoms with E-state index in [9.17, 15) is 13.2 Å². The maximum Gasteiger partial charge on any atom is 0.251 e. The number of allylic oxidation sites excluding steroid dienone is 2. The number of aromatic nitrogens is 1. The van der Waals surface area contributed by atoms with Crippen LogP contribution in [0.15, 0.2) is 53.2 Å². The summed E-state index contributed by atoms with van der Waals surface area (Å²) in [6.45, 7) is 9.36. The number of piperidine rings is 1. The minimum atomic E-state index is -3.55. The third-order valence-corrected chi connectivity index (χ3v) is 8.26. The lowest BCUT2D eigenvalue weighted by Crippen LogP contribution is -2.46. The number of carbonyl (C=O) groups excluding carboxylic acids is 1. The quantitative estimate of drug-likeness (QED) is 0.593. The van der Waals surface area contributed by atoms with Crippen molar-refractivity contribution in [3.8, 4) is 0 Å². The van der Waals surface area contributed by atoms with Crippen molar-refractivity contribution in [1.82, 2.24) is 14.6 Å². The summed E-state index contributed by atoms with van der Waals surface area (Å²) in [5.74, 6) is -0.103. The van der Waals surface area contributed by atoms with E-state index in [-0.39, 0.29) is 16.8 Å². The Kier molecular flexibility index (Phi) is 8.43. The van der Waals surface area contributed by atoms with Crippen LogP contribution in [0.2, 0.25) is 0 Å². The van der Waals surface area contributed by atoms with Crippen LogP contribution in [0.3, 0.4) is 0 Å². The molecule has 2 aromatic rings. The van der Waals surface area contributed by atoms with E-state index in [1.807, 2.05) is 18.2 Å². The second-order valence-electron chi connectivity index (χ2n) is 8.73. The number of aryl methyl sites for hydroxylation is 1. The number of nitrogens with one attached hydrogen (secondary N) is 1. The van der Waals surface area contributed by atoms with Crippen LogP contribution in [0.5, 0.6) is 0 Å². The molecule has 0 spiro atoms. The summed E-state index contributed by atoms with van der Waals surface area (Å²) in [5.41, 5.74) is 5.67. The van der Waals surface area contributed by atoms with E-state index in [1.165, 1.54) is 27.2 Å². The normalized spacial score (nSPS) is 16.4. The second kappa shape index (κ2) is 11.1. The molecule has 1 amide bonds. The number of hydrogen-bond acceptors (Lipinski definition) is 4. The Morgan fingerprint density at radius 1 is 1.18 bits per heavy atom. The summed E-state index contributed by atoms with van der Waals surface area (Å²) in [7, 11) is -3.55. The first-order valence-corrected chi connectivity index (χ1v) is 13.2. The molecule has 0 radical (unpaired) electrons.